The fourth-order valence-electron chi connectivity index (χ4n) is 1.95. The van der Waals surface area contributed by atoms with Crippen molar-refractivity contribution in [3.63, 3.8) is 0 Å². The van der Waals surface area contributed by atoms with E-state index in [1.165, 1.54) is 12.1 Å². The van der Waals surface area contributed by atoms with E-state index in [1.807, 2.05) is 0 Å². The van der Waals surface area contributed by atoms with Crippen LogP contribution in [-0.4, -0.2) is 11.1 Å². The van der Waals surface area contributed by atoms with Crippen molar-refractivity contribution in [2.45, 2.75) is 12.7 Å². The van der Waals surface area contributed by atoms with Gasteiger partial charge in [-0.3, -0.25) is 0 Å². The Morgan fingerprint density at radius 2 is 1.91 bits per heavy atom. The number of rotatable bonds is 4. The Bertz CT molecular complexity index is 747. The number of carbonyl (C=O) groups is 1. The lowest BCUT2D eigenvalue weighted by atomic mass is 10.1. The molecule has 0 saturated carbocycles. The molecule has 2 rings (SSSR count). The first-order valence-electron chi connectivity index (χ1n) is 6.31. The summed E-state index contributed by atoms with van der Waals surface area (Å²) in [5, 5.41) is 11.8. The molecule has 0 radical (unpaired) electrons. The predicted molar refractivity (Wildman–Crippen MR) is 79.8 cm³/mol. The van der Waals surface area contributed by atoms with Crippen LogP contribution in [0.2, 0.25) is 0 Å². The van der Waals surface area contributed by atoms with Crippen molar-refractivity contribution in [2.75, 3.05) is 5.32 Å². The highest BCUT2D eigenvalue weighted by Gasteiger charge is 2.31. The average molecular weight is 392 g/mol. The number of anilines is 1. The molecule has 3 nitrogen and oxygen atoms in total. The van der Waals surface area contributed by atoms with E-state index in [4.69, 9.17) is 5.11 Å². The monoisotopic (exact) mass is 391 g/mol. The molecule has 0 aliphatic carbocycles. The minimum atomic E-state index is -4.58. The molecule has 0 aliphatic rings. The third-order valence-electron chi connectivity index (χ3n) is 3.07. The second kappa shape index (κ2) is 6.57. The van der Waals surface area contributed by atoms with Gasteiger partial charge in [-0.25, -0.2) is 9.18 Å². The number of carboxylic acids is 1. The quantitative estimate of drug-likeness (QED) is 0.727. The third kappa shape index (κ3) is 4.01. The number of nitrogens with one attached hydrogen (secondary N) is 1. The molecular formula is C15H10BrF4NO2. The molecule has 2 aromatic rings. The number of para-hydroxylation sites is 1. The van der Waals surface area contributed by atoms with E-state index in [0.29, 0.717) is 16.6 Å². The second-order valence-electron chi connectivity index (χ2n) is 4.63. The van der Waals surface area contributed by atoms with Gasteiger partial charge in [-0.05, 0) is 46.3 Å². The van der Waals surface area contributed by atoms with Gasteiger partial charge in [0.1, 0.15) is 5.82 Å². The molecule has 0 aliphatic heterocycles. The maximum atomic E-state index is 13.7. The topological polar surface area (TPSA) is 49.3 Å². The van der Waals surface area contributed by atoms with E-state index < -0.39 is 23.5 Å². The molecule has 23 heavy (non-hydrogen) atoms. The fourth-order valence-corrected chi connectivity index (χ4v) is 2.46. The Balaban J connectivity index is 2.30. The van der Waals surface area contributed by atoms with Crippen molar-refractivity contribution in [3.8, 4) is 0 Å². The van der Waals surface area contributed by atoms with Crippen LogP contribution in [0.3, 0.4) is 0 Å². The van der Waals surface area contributed by atoms with Crippen molar-refractivity contribution in [3.05, 3.63) is 63.4 Å². The number of hydrogen-bond donors (Lipinski definition) is 2. The van der Waals surface area contributed by atoms with Crippen LogP contribution in [0.5, 0.6) is 0 Å². The molecule has 0 atom stereocenters. The Hall–Kier alpha value is -2.09. The first kappa shape index (κ1) is 17.3. The van der Waals surface area contributed by atoms with Gasteiger partial charge in [-0.1, -0.05) is 6.07 Å². The van der Waals surface area contributed by atoms with E-state index in [1.54, 1.807) is 6.07 Å². The summed E-state index contributed by atoms with van der Waals surface area (Å²) in [4.78, 5) is 11.2. The van der Waals surface area contributed by atoms with Crippen LogP contribution in [0.25, 0.3) is 0 Å². The highest BCUT2D eigenvalue weighted by Crippen LogP contribution is 2.31. The molecule has 122 valence electrons. The van der Waals surface area contributed by atoms with Gasteiger partial charge in [0.25, 0.3) is 0 Å². The number of alkyl halides is 3. The van der Waals surface area contributed by atoms with Gasteiger partial charge in [-0.15, -0.1) is 0 Å². The standard InChI is InChI=1S/C15H10BrF4NO2/c16-11-3-1-2-10(14(22)23)13(11)21-7-8-6-9(15(18,19)20)4-5-12(8)17/h1-6,21H,7H2,(H,22,23). The molecule has 0 heterocycles. The molecule has 0 spiro atoms. The van der Waals surface area contributed by atoms with Crippen LogP contribution in [0.1, 0.15) is 21.5 Å². The van der Waals surface area contributed by atoms with Crippen LogP contribution in [0.15, 0.2) is 40.9 Å². The van der Waals surface area contributed by atoms with Crippen LogP contribution in [-0.2, 0) is 12.7 Å². The van der Waals surface area contributed by atoms with Crippen molar-refractivity contribution < 1.29 is 27.5 Å². The van der Waals surface area contributed by atoms with E-state index in [-0.39, 0.29) is 23.4 Å². The van der Waals surface area contributed by atoms with Gasteiger partial charge in [0.05, 0.1) is 16.8 Å². The summed E-state index contributed by atoms with van der Waals surface area (Å²) in [6.07, 6.45) is -4.58. The van der Waals surface area contributed by atoms with Gasteiger partial charge < -0.3 is 10.4 Å². The van der Waals surface area contributed by atoms with Gasteiger partial charge in [-0.2, -0.15) is 13.2 Å². The predicted octanol–water partition coefficient (Wildman–Crippen LogP) is 4.92. The van der Waals surface area contributed by atoms with Crippen molar-refractivity contribution >= 4 is 27.6 Å². The average Bonchev–Trinajstić information content (AvgIpc) is 2.45. The first-order valence-corrected chi connectivity index (χ1v) is 7.10. The molecule has 0 unspecified atom stereocenters. The van der Waals surface area contributed by atoms with Gasteiger partial charge >= 0.3 is 12.1 Å². The summed E-state index contributed by atoms with van der Waals surface area (Å²) < 4.78 is 52.1. The van der Waals surface area contributed by atoms with Crippen molar-refractivity contribution in [1.82, 2.24) is 0 Å². The maximum absolute atomic E-state index is 13.7. The fraction of sp³-hybridized carbons (Fsp3) is 0.133. The Labute approximate surface area is 137 Å². The first-order chi connectivity index (χ1) is 10.7. The summed E-state index contributed by atoms with van der Waals surface area (Å²) in [6, 6.07) is 6.48. The van der Waals surface area contributed by atoms with Gasteiger partial charge in [0, 0.05) is 16.6 Å². The van der Waals surface area contributed by atoms with Gasteiger partial charge in [0.2, 0.25) is 0 Å². The molecule has 8 heteroatoms. The van der Waals surface area contributed by atoms with E-state index in [9.17, 15) is 22.4 Å². The molecule has 0 amide bonds. The number of hydrogen-bond acceptors (Lipinski definition) is 2. The lowest BCUT2D eigenvalue weighted by Gasteiger charge is -2.14. The third-order valence-corrected chi connectivity index (χ3v) is 3.73. The SMILES string of the molecule is O=C(O)c1cccc(Br)c1NCc1cc(C(F)(F)F)ccc1F. The number of aromatic carboxylic acids is 1. The van der Waals surface area contributed by atoms with Crippen LogP contribution >= 0.6 is 15.9 Å². The molecule has 0 bridgehead atoms. The van der Waals surface area contributed by atoms with Crippen LogP contribution in [0, 0.1) is 5.82 Å². The smallest absolute Gasteiger partial charge is 0.416 e. The number of carboxylic acid groups (broad SMARTS) is 1. The normalized spacial score (nSPS) is 11.3. The lowest BCUT2D eigenvalue weighted by Crippen LogP contribution is -2.10. The van der Waals surface area contributed by atoms with E-state index in [2.05, 4.69) is 21.2 Å². The second-order valence-corrected chi connectivity index (χ2v) is 5.48. The minimum absolute atomic E-state index is 0.0771. The molecular weight excluding hydrogens is 382 g/mol. The summed E-state index contributed by atoms with van der Waals surface area (Å²) in [5.41, 5.74) is -1.10. The number of halogens is 5. The van der Waals surface area contributed by atoms with Crippen LogP contribution < -0.4 is 5.32 Å². The molecule has 2 aromatic carbocycles. The van der Waals surface area contributed by atoms with Crippen LogP contribution in [0.4, 0.5) is 23.2 Å². The minimum Gasteiger partial charge on any atom is -0.478 e. The Morgan fingerprint density at radius 3 is 2.52 bits per heavy atom. The largest absolute Gasteiger partial charge is 0.478 e. The summed E-state index contributed by atoms with van der Waals surface area (Å²) in [6.45, 7) is -0.293. The van der Waals surface area contributed by atoms with E-state index >= 15 is 0 Å². The summed E-state index contributed by atoms with van der Waals surface area (Å²) in [7, 11) is 0. The zero-order chi connectivity index (χ0) is 17.2. The molecule has 0 aromatic heterocycles. The zero-order valence-corrected chi connectivity index (χ0v) is 13.0. The highest BCUT2D eigenvalue weighted by molar-refractivity contribution is 9.10. The van der Waals surface area contributed by atoms with Crippen molar-refractivity contribution in [1.29, 1.82) is 0 Å². The zero-order valence-electron chi connectivity index (χ0n) is 11.4. The highest BCUT2D eigenvalue weighted by atomic mass is 79.9. The summed E-state index contributed by atoms with van der Waals surface area (Å²) in [5.74, 6) is -2.02. The molecule has 0 saturated heterocycles. The Morgan fingerprint density at radius 1 is 1.22 bits per heavy atom. The molecule has 2 N–H and O–H groups in total. The maximum Gasteiger partial charge on any atom is 0.416 e. The summed E-state index contributed by atoms with van der Waals surface area (Å²) >= 11 is 3.15. The van der Waals surface area contributed by atoms with Gasteiger partial charge in [0.15, 0.2) is 0 Å². The lowest BCUT2D eigenvalue weighted by molar-refractivity contribution is -0.137. The van der Waals surface area contributed by atoms with E-state index in [0.717, 1.165) is 6.07 Å². The Kier molecular flexibility index (Phi) is 4.93. The number of benzene rings is 2. The van der Waals surface area contributed by atoms with Crippen molar-refractivity contribution in [2.24, 2.45) is 0 Å². The molecule has 0 fully saturated rings.